The van der Waals surface area contributed by atoms with E-state index in [9.17, 15) is 14.4 Å². The average Bonchev–Trinajstić information content (AvgIpc) is 3.45. The van der Waals surface area contributed by atoms with Gasteiger partial charge in [-0.3, -0.25) is 9.59 Å². The van der Waals surface area contributed by atoms with Crippen molar-refractivity contribution in [3.05, 3.63) is 114 Å². The van der Waals surface area contributed by atoms with Crippen LogP contribution in [0.25, 0.3) is 10.9 Å². The highest BCUT2D eigenvalue weighted by molar-refractivity contribution is 6.30. The van der Waals surface area contributed by atoms with Crippen LogP contribution in [-0.4, -0.2) is 35.9 Å². The lowest BCUT2D eigenvalue weighted by atomic mass is 9.91. The number of rotatable bonds is 8. The maximum atomic E-state index is 13.2. The number of carbonyl (C=O) groups excluding carboxylic acids is 3. The van der Waals surface area contributed by atoms with Crippen molar-refractivity contribution in [1.29, 1.82) is 0 Å². The lowest BCUT2D eigenvalue weighted by Crippen LogP contribution is -2.34. The fraction of sp³-hybridized carbons (Fsp3) is 0.138. The number of H-pyrrole nitrogens is 1. The third-order valence-electron chi connectivity index (χ3n) is 6.25. The van der Waals surface area contributed by atoms with Crippen molar-refractivity contribution in [3.8, 4) is 0 Å². The van der Waals surface area contributed by atoms with E-state index in [0.717, 1.165) is 26.9 Å². The SMILES string of the molecule is CCOC(=O)c1ccc(N2C(=O)C=C(NCC(c3ccccc3)c3c[nH]c4ccccc34)C2=O)cc1. The molecule has 0 radical (unpaired) electrons. The summed E-state index contributed by atoms with van der Waals surface area (Å²) in [6, 6.07) is 24.4. The molecule has 1 aromatic heterocycles. The molecule has 1 aliphatic rings. The van der Waals surface area contributed by atoms with Crippen LogP contribution >= 0.6 is 0 Å². The summed E-state index contributed by atoms with van der Waals surface area (Å²) in [5.41, 5.74) is 4.22. The van der Waals surface area contributed by atoms with E-state index in [0.29, 0.717) is 17.8 Å². The standard InChI is InChI=1S/C29H25N3O4/c1-2-36-29(35)20-12-14-21(15-13-20)32-27(33)16-26(28(32)34)31-17-23(19-8-4-3-5-9-19)24-18-30-25-11-7-6-10-22(24)25/h3-16,18,23,30-31H,2,17H2,1H3. The van der Waals surface area contributed by atoms with E-state index in [1.54, 1.807) is 31.2 Å². The second kappa shape index (κ2) is 9.92. The molecule has 2 amide bonds. The van der Waals surface area contributed by atoms with E-state index in [4.69, 9.17) is 4.74 Å². The molecular formula is C29H25N3O4. The second-order valence-corrected chi connectivity index (χ2v) is 8.44. The maximum Gasteiger partial charge on any atom is 0.338 e. The van der Waals surface area contributed by atoms with E-state index in [1.807, 2.05) is 42.6 Å². The molecule has 0 saturated heterocycles. The first kappa shape index (κ1) is 23.1. The van der Waals surface area contributed by atoms with Gasteiger partial charge < -0.3 is 15.0 Å². The summed E-state index contributed by atoms with van der Waals surface area (Å²) in [7, 11) is 0. The highest BCUT2D eigenvalue weighted by Gasteiger charge is 2.33. The van der Waals surface area contributed by atoms with Gasteiger partial charge in [-0.25, -0.2) is 9.69 Å². The fourth-order valence-corrected chi connectivity index (χ4v) is 4.49. The van der Waals surface area contributed by atoms with Crippen molar-refractivity contribution in [2.45, 2.75) is 12.8 Å². The number of imide groups is 1. The third kappa shape index (κ3) is 4.38. The molecule has 0 bridgehead atoms. The molecule has 180 valence electrons. The Morgan fingerprint density at radius 1 is 0.972 bits per heavy atom. The summed E-state index contributed by atoms with van der Waals surface area (Å²) in [6.07, 6.45) is 3.32. The highest BCUT2D eigenvalue weighted by atomic mass is 16.5. The Hall–Kier alpha value is -4.65. The summed E-state index contributed by atoms with van der Waals surface area (Å²) in [4.78, 5) is 42.2. The monoisotopic (exact) mass is 479 g/mol. The van der Waals surface area contributed by atoms with Gasteiger partial charge in [-0.15, -0.1) is 0 Å². The molecule has 0 saturated carbocycles. The van der Waals surface area contributed by atoms with Crippen molar-refractivity contribution in [3.63, 3.8) is 0 Å². The van der Waals surface area contributed by atoms with Crippen molar-refractivity contribution >= 4 is 34.4 Å². The number of aromatic nitrogens is 1. The average molecular weight is 480 g/mol. The van der Waals surface area contributed by atoms with Gasteiger partial charge in [0, 0.05) is 35.6 Å². The normalized spacial score (nSPS) is 14.1. The summed E-state index contributed by atoms with van der Waals surface area (Å²) in [6.45, 7) is 2.42. The third-order valence-corrected chi connectivity index (χ3v) is 6.25. The number of hydrogen-bond donors (Lipinski definition) is 2. The summed E-state index contributed by atoms with van der Waals surface area (Å²) < 4.78 is 4.99. The van der Waals surface area contributed by atoms with Crippen LogP contribution in [0.1, 0.15) is 34.3 Å². The Bertz CT molecular complexity index is 1450. The number of hydrogen-bond acceptors (Lipinski definition) is 5. The second-order valence-electron chi connectivity index (χ2n) is 8.44. The van der Waals surface area contributed by atoms with Gasteiger partial charge in [0.15, 0.2) is 0 Å². The van der Waals surface area contributed by atoms with Crippen LogP contribution < -0.4 is 10.2 Å². The van der Waals surface area contributed by atoms with Crippen LogP contribution in [0.5, 0.6) is 0 Å². The number of nitrogens with one attached hydrogen (secondary N) is 2. The number of esters is 1. The first-order chi connectivity index (χ1) is 17.6. The Morgan fingerprint density at radius 3 is 2.44 bits per heavy atom. The number of anilines is 1. The zero-order valence-corrected chi connectivity index (χ0v) is 19.7. The first-order valence-corrected chi connectivity index (χ1v) is 11.8. The summed E-state index contributed by atoms with van der Waals surface area (Å²) in [5, 5.41) is 4.33. The molecule has 0 spiro atoms. The number of para-hydroxylation sites is 1. The number of ether oxygens (including phenoxy) is 1. The number of amides is 2. The largest absolute Gasteiger partial charge is 0.462 e. The van der Waals surface area contributed by atoms with Crippen molar-refractivity contribution in [2.75, 3.05) is 18.1 Å². The van der Waals surface area contributed by atoms with Crippen molar-refractivity contribution in [2.24, 2.45) is 0 Å². The van der Waals surface area contributed by atoms with E-state index in [2.05, 4.69) is 28.5 Å². The van der Waals surface area contributed by atoms with Crippen LogP contribution in [0.15, 0.2) is 96.8 Å². The van der Waals surface area contributed by atoms with Gasteiger partial charge in [0.1, 0.15) is 5.70 Å². The van der Waals surface area contributed by atoms with Crippen LogP contribution in [0, 0.1) is 0 Å². The van der Waals surface area contributed by atoms with Gasteiger partial charge >= 0.3 is 5.97 Å². The molecule has 1 aliphatic heterocycles. The minimum Gasteiger partial charge on any atom is -0.462 e. The van der Waals surface area contributed by atoms with Gasteiger partial charge in [-0.1, -0.05) is 48.5 Å². The number of fused-ring (bicyclic) bond motifs is 1. The van der Waals surface area contributed by atoms with Gasteiger partial charge in [-0.2, -0.15) is 0 Å². The van der Waals surface area contributed by atoms with Crippen LogP contribution in [0.3, 0.4) is 0 Å². The van der Waals surface area contributed by atoms with Gasteiger partial charge in [-0.05, 0) is 48.4 Å². The van der Waals surface area contributed by atoms with E-state index >= 15 is 0 Å². The molecule has 5 rings (SSSR count). The Labute approximate surface area is 208 Å². The lowest BCUT2D eigenvalue weighted by molar-refractivity contribution is -0.120. The number of benzene rings is 3. The van der Waals surface area contributed by atoms with Crippen LogP contribution in [0.2, 0.25) is 0 Å². The molecule has 1 unspecified atom stereocenters. The molecule has 0 aliphatic carbocycles. The molecule has 7 nitrogen and oxygen atoms in total. The molecule has 4 aromatic rings. The number of carbonyl (C=O) groups is 3. The van der Waals surface area contributed by atoms with Gasteiger partial charge in [0.2, 0.25) is 0 Å². The zero-order valence-electron chi connectivity index (χ0n) is 19.7. The van der Waals surface area contributed by atoms with Gasteiger partial charge in [0.05, 0.1) is 17.9 Å². The summed E-state index contributed by atoms with van der Waals surface area (Å²) >= 11 is 0. The molecule has 2 N–H and O–H groups in total. The van der Waals surface area contributed by atoms with E-state index in [1.165, 1.54) is 6.08 Å². The smallest absolute Gasteiger partial charge is 0.338 e. The topological polar surface area (TPSA) is 91.5 Å². The first-order valence-electron chi connectivity index (χ1n) is 11.8. The Morgan fingerprint density at radius 2 is 1.69 bits per heavy atom. The Balaban J connectivity index is 1.36. The minimum absolute atomic E-state index is 0.0518. The molecule has 1 atom stereocenters. The van der Waals surface area contributed by atoms with Crippen LogP contribution in [0.4, 0.5) is 5.69 Å². The molecule has 7 heteroatoms. The van der Waals surface area contributed by atoms with Crippen molar-refractivity contribution in [1.82, 2.24) is 10.3 Å². The zero-order chi connectivity index (χ0) is 25.1. The lowest BCUT2D eigenvalue weighted by Gasteiger charge is -2.20. The minimum atomic E-state index is -0.451. The number of aromatic amines is 1. The predicted molar refractivity (Wildman–Crippen MR) is 138 cm³/mol. The summed E-state index contributed by atoms with van der Waals surface area (Å²) in [5.74, 6) is -1.37. The molecule has 0 fully saturated rings. The predicted octanol–water partition coefficient (Wildman–Crippen LogP) is 4.52. The van der Waals surface area contributed by atoms with E-state index < -0.39 is 17.8 Å². The van der Waals surface area contributed by atoms with Crippen LogP contribution in [-0.2, 0) is 14.3 Å². The van der Waals surface area contributed by atoms with Crippen molar-refractivity contribution < 1.29 is 19.1 Å². The van der Waals surface area contributed by atoms with Gasteiger partial charge in [0.25, 0.3) is 11.8 Å². The van der Waals surface area contributed by atoms with E-state index in [-0.39, 0.29) is 18.2 Å². The molecule has 2 heterocycles. The maximum absolute atomic E-state index is 13.2. The Kier molecular flexibility index (Phi) is 6.36. The quantitative estimate of drug-likeness (QED) is 0.286. The number of nitrogens with zero attached hydrogens (tertiary/aromatic N) is 1. The molecular weight excluding hydrogens is 454 g/mol. The molecule has 36 heavy (non-hydrogen) atoms. The highest BCUT2D eigenvalue weighted by Crippen LogP contribution is 2.31. The fourth-order valence-electron chi connectivity index (χ4n) is 4.49. The molecule has 3 aromatic carbocycles.